The summed E-state index contributed by atoms with van der Waals surface area (Å²) in [5, 5.41) is 3.98. The molecule has 4 heteroatoms. The van der Waals surface area contributed by atoms with Gasteiger partial charge in [-0.3, -0.25) is 0 Å². The molecule has 1 aromatic rings. The summed E-state index contributed by atoms with van der Waals surface area (Å²) in [7, 11) is 0. The molecule has 0 amide bonds. The predicted octanol–water partition coefficient (Wildman–Crippen LogP) is 2.96. The SMILES string of the molecule is c1ccc(N2CCOCC2)c(CN[C@@H]2[C@@H]3CCO[C@@H]3C23CCCC3)c1. The third-order valence-electron chi connectivity index (χ3n) is 7.14. The maximum absolute atomic E-state index is 6.13. The average Bonchev–Trinajstić information content (AvgIpc) is 3.32. The molecule has 2 saturated carbocycles. The lowest BCUT2D eigenvalue weighted by Gasteiger charge is -2.57. The van der Waals surface area contributed by atoms with Crippen molar-refractivity contribution in [1.29, 1.82) is 0 Å². The van der Waals surface area contributed by atoms with Crippen LogP contribution in [-0.2, 0) is 16.0 Å². The topological polar surface area (TPSA) is 33.7 Å². The lowest BCUT2D eigenvalue weighted by molar-refractivity contribution is -0.130. The lowest BCUT2D eigenvalue weighted by atomic mass is 9.54. The van der Waals surface area contributed by atoms with Gasteiger partial charge in [0.05, 0.1) is 19.3 Å². The van der Waals surface area contributed by atoms with Crippen molar-refractivity contribution < 1.29 is 9.47 Å². The van der Waals surface area contributed by atoms with Crippen LogP contribution in [0, 0.1) is 11.3 Å². The van der Waals surface area contributed by atoms with Gasteiger partial charge in [0.2, 0.25) is 0 Å². The first-order valence-corrected chi connectivity index (χ1v) is 10.1. The second-order valence-corrected chi connectivity index (χ2v) is 8.27. The molecule has 2 aliphatic carbocycles. The summed E-state index contributed by atoms with van der Waals surface area (Å²) in [6, 6.07) is 9.56. The van der Waals surface area contributed by atoms with Crippen LogP contribution in [-0.4, -0.2) is 45.1 Å². The molecule has 0 radical (unpaired) electrons. The summed E-state index contributed by atoms with van der Waals surface area (Å²) in [5.74, 6) is 0.744. The fourth-order valence-corrected chi connectivity index (χ4v) is 6.00. The van der Waals surface area contributed by atoms with Crippen LogP contribution >= 0.6 is 0 Å². The molecule has 0 bridgehead atoms. The summed E-state index contributed by atoms with van der Waals surface area (Å²) in [6.45, 7) is 5.64. The van der Waals surface area contributed by atoms with Crippen LogP contribution < -0.4 is 10.2 Å². The molecule has 2 heterocycles. The zero-order chi connectivity index (χ0) is 16.7. The smallest absolute Gasteiger partial charge is 0.0690 e. The van der Waals surface area contributed by atoms with E-state index in [1.54, 1.807) is 0 Å². The van der Waals surface area contributed by atoms with Crippen molar-refractivity contribution >= 4 is 5.69 Å². The third kappa shape index (κ3) is 2.61. The number of rotatable bonds is 4. The fourth-order valence-electron chi connectivity index (χ4n) is 6.00. The quantitative estimate of drug-likeness (QED) is 0.912. The van der Waals surface area contributed by atoms with Gasteiger partial charge >= 0.3 is 0 Å². The molecule has 3 atom stereocenters. The number of para-hydroxylation sites is 1. The van der Waals surface area contributed by atoms with Gasteiger partial charge in [0.1, 0.15) is 0 Å². The number of morpholine rings is 1. The molecule has 4 nitrogen and oxygen atoms in total. The van der Waals surface area contributed by atoms with Crippen LogP contribution in [0.4, 0.5) is 5.69 Å². The summed E-state index contributed by atoms with van der Waals surface area (Å²) in [5.41, 5.74) is 3.26. The van der Waals surface area contributed by atoms with E-state index in [2.05, 4.69) is 34.5 Å². The first kappa shape index (κ1) is 16.1. The second-order valence-electron chi connectivity index (χ2n) is 8.27. The molecule has 25 heavy (non-hydrogen) atoms. The van der Waals surface area contributed by atoms with Crippen molar-refractivity contribution in [2.24, 2.45) is 11.3 Å². The first-order chi connectivity index (χ1) is 12.4. The molecule has 2 aliphatic heterocycles. The van der Waals surface area contributed by atoms with Gasteiger partial charge in [-0.1, -0.05) is 31.0 Å². The first-order valence-electron chi connectivity index (χ1n) is 10.1. The molecule has 4 aliphatic rings. The second kappa shape index (κ2) is 6.57. The molecule has 1 N–H and O–H groups in total. The van der Waals surface area contributed by atoms with Crippen molar-refractivity contribution in [3.8, 4) is 0 Å². The molecule has 1 aromatic carbocycles. The zero-order valence-corrected chi connectivity index (χ0v) is 15.1. The highest BCUT2D eigenvalue weighted by Gasteiger charge is 2.64. The number of hydrogen-bond donors (Lipinski definition) is 1. The monoisotopic (exact) mass is 342 g/mol. The number of hydrogen-bond acceptors (Lipinski definition) is 4. The molecule has 5 rings (SSSR count). The van der Waals surface area contributed by atoms with Crippen LogP contribution in [0.3, 0.4) is 0 Å². The molecule has 2 saturated heterocycles. The van der Waals surface area contributed by atoms with Crippen LogP contribution in [0.1, 0.15) is 37.7 Å². The number of fused-ring (bicyclic) bond motifs is 2. The fraction of sp³-hybridized carbons (Fsp3) is 0.714. The van der Waals surface area contributed by atoms with E-state index in [4.69, 9.17) is 9.47 Å². The molecule has 4 fully saturated rings. The van der Waals surface area contributed by atoms with E-state index < -0.39 is 0 Å². The Morgan fingerprint density at radius 3 is 2.72 bits per heavy atom. The third-order valence-corrected chi connectivity index (χ3v) is 7.14. The Morgan fingerprint density at radius 2 is 1.88 bits per heavy atom. The largest absolute Gasteiger partial charge is 0.378 e. The summed E-state index contributed by atoms with van der Waals surface area (Å²) in [6.07, 6.45) is 7.27. The maximum atomic E-state index is 6.13. The van der Waals surface area contributed by atoms with E-state index in [-0.39, 0.29) is 0 Å². The van der Waals surface area contributed by atoms with Gasteiger partial charge in [0.15, 0.2) is 0 Å². The highest BCUT2D eigenvalue weighted by atomic mass is 16.5. The van der Waals surface area contributed by atoms with Gasteiger partial charge in [-0.2, -0.15) is 0 Å². The van der Waals surface area contributed by atoms with Crippen molar-refractivity contribution in [3.05, 3.63) is 29.8 Å². The minimum Gasteiger partial charge on any atom is -0.378 e. The standard InChI is InChI=1S/C21H30N2O2/c1-2-6-18(23-10-13-24-14-11-23)16(5-1)15-22-19-17-7-12-25-20(17)21(19)8-3-4-9-21/h1-2,5-6,17,19-20,22H,3-4,7-15H2/t17-,19+,20-/m0/s1. The van der Waals surface area contributed by atoms with E-state index in [9.17, 15) is 0 Å². The van der Waals surface area contributed by atoms with Gasteiger partial charge < -0.3 is 19.7 Å². The molecule has 0 unspecified atom stereocenters. The van der Waals surface area contributed by atoms with Crippen molar-refractivity contribution in [1.82, 2.24) is 5.32 Å². The lowest BCUT2D eigenvalue weighted by Crippen LogP contribution is -2.67. The predicted molar refractivity (Wildman–Crippen MR) is 98.8 cm³/mol. The number of nitrogens with one attached hydrogen (secondary N) is 1. The van der Waals surface area contributed by atoms with Crippen molar-refractivity contribution in [2.75, 3.05) is 37.8 Å². The minimum atomic E-state index is 0.440. The summed E-state index contributed by atoms with van der Waals surface area (Å²) in [4.78, 5) is 2.48. The van der Waals surface area contributed by atoms with Gasteiger partial charge in [-0.25, -0.2) is 0 Å². The molecule has 136 valence electrons. The van der Waals surface area contributed by atoms with Gasteiger partial charge in [0.25, 0.3) is 0 Å². The molecule has 1 spiro atoms. The molecular weight excluding hydrogens is 312 g/mol. The number of benzene rings is 1. The highest BCUT2D eigenvalue weighted by molar-refractivity contribution is 5.54. The number of anilines is 1. The number of nitrogens with zero attached hydrogens (tertiary/aromatic N) is 1. The van der Waals surface area contributed by atoms with Crippen molar-refractivity contribution in [3.63, 3.8) is 0 Å². The summed E-state index contributed by atoms with van der Waals surface area (Å²) < 4.78 is 11.7. The van der Waals surface area contributed by atoms with E-state index >= 15 is 0 Å². The van der Waals surface area contributed by atoms with Gasteiger partial charge in [-0.15, -0.1) is 0 Å². The minimum absolute atomic E-state index is 0.440. The number of ether oxygens (including phenoxy) is 2. The Kier molecular flexibility index (Phi) is 4.23. The normalized spacial score (nSPS) is 33.4. The Hall–Kier alpha value is -1.10. The van der Waals surface area contributed by atoms with Crippen molar-refractivity contribution in [2.45, 2.75) is 50.8 Å². The van der Waals surface area contributed by atoms with Crippen LogP contribution in [0.15, 0.2) is 24.3 Å². The van der Waals surface area contributed by atoms with Gasteiger partial charge in [-0.05, 0) is 30.9 Å². The van der Waals surface area contributed by atoms with Crippen LogP contribution in [0.5, 0.6) is 0 Å². The molecular formula is C21H30N2O2. The highest BCUT2D eigenvalue weighted by Crippen LogP contribution is 2.60. The summed E-state index contributed by atoms with van der Waals surface area (Å²) >= 11 is 0. The Balaban J connectivity index is 1.31. The van der Waals surface area contributed by atoms with E-state index in [0.717, 1.165) is 45.4 Å². The Labute approximate surface area is 150 Å². The van der Waals surface area contributed by atoms with E-state index in [1.165, 1.54) is 43.4 Å². The maximum Gasteiger partial charge on any atom is 0.0690 e. The molecule has 0 aromatic heterocycles. The van der Waals surface area contributed by atoms with Crippen LogP contribution in [0.2, 0.25) is 0 Å². The van der Waals surface area contributed by atoms with E-state index in [1.807, 2.05) is 0 Å². The Morgan fingerprint density at radius 1 is 1.08 bits per heavy atom. The van der Waals surface area contributed by atoms with Gasteiger partial charge in [0, 0.05) is 49.3 Å². The average molecular weight is 342 g/mol. The zero-order valence-electron chi connectivity index (χ0n) is 15.1. The Bertz CT molecular complexity index is 608. The van der Waals surface area contributed by atoms with E-state index in [0.29, 0.717) is 17.6 Å². The van der Waals surface area contributed by atoms with Crippen LogP contribution in [0.25, 0.3) is 0 Å².